The Labute approximate surface area is 169 Å². The van der Waals surface area contributed by atoms with Crippen LogP contribution in [0.4, 0.5) is 0 Å². The van der Waals surface area contributed by atoms with E-state index in [4.69, 9.17) is 9.26 Å². The van der Waals surface area contributed by atoms with E-state index in [0.29, 0.717) is 22.8 Å². The van der Waals surface area contributed by atoms with E-state index in [9.17, 15) is 9.36 Å². The zero-order valence-electron chi connectivity index (χ0n) is 15.8. The minimum atomic E-state index is -3.35. The molecule has 29 heavy (non-hydrogen) atoms. The Morgan fingerprint density at radius 3 is 1.69 bits per heavy atom. The first-order valence-electron chi connectivity index (χ1n) is 9.17. The van der Waals surface area contributed by atoms with E-state index >= 15 is 0 Å². The highest BCUT2D eigenvalue weighted by Gasteiger charge is 2.29. The maximum atomic E-state index is 13.7. The van der Waals surface area contributed by atoms with E-state index in [2.05, 4.69) is 0 Å². The van der Waals surface area contributed by atoms with Crippen LogP contribution in [0.5, 0.6) is 5.75 Å². The summed E-state index contributed by atoms with van der Waals surface area (Å²) in [4.78, 5) is 11.5. The molecule has 4 rings (SSSR count). The van der Waals surface area contributed by atoms with Gasteiger partial charge in [-0.2, -0.15) is 0 Å². The summed E-state index contributed by atoms with van der Waals surface area (Å²) >= 11 is 0. The fraction of sp³-hybridized carbons (Fsp3) is 0.0417. The molecule has 0 saturated carbocycles. The smallest absolute Gasteiger partial charge is 0.300 e. The van der Waals surface area contributed by atoms with Gasteiger partial charge in [0, 0.05) is 16.7 Å². The number of carbonyl (C=O) groups is 1. The second kappa shape index (κ2) is 7.94. The predicted octanol–water partition coefficient (Wildman–Crippen LogP) is 6.57. The van der Waals surface area contributed by atoms with E-state index < -0.39 is 7.37 Å². The highest BCUT2D eigenvalue weighted by atomic mass is 31.2. The topological polar surface area (TPSA) is 52.6 Å². The summed E-state index contributed by atoms with van der Waals surface area (Å²) < 4.78 is 25.6. The van der Waals surface area contributed by atoms with Crippen LogP contribution in [0, 0.1) is 0 Å². The Hall–Kier alpha value is -3.36. The van der Waals surface area contributed by atoms with Gasteiger partial charge in [-0.1, -0.05) is 60.7 Å². The van der Waals surface area contributed by atoms with Crippen molar-refractivity contribution in [3.8, 4) is 5.75 Å². The van der Waals surface area contributed by atoms with Gasteiger partial charge in [-0.05, 0) is 31.2 Å². The molecule has 144 valence electrons. The molecular formula is C24H19O4P. The predicted molar refractivity (Wildman–Crippen MR) is 115 cm³/mol. The first-order valence-corrected chi connectivity index (χ1v) is 10.9. The molecule has 3 aromatic rings. The maximum absolute atomic E-state index is 13.7. The van der Waals surface area contributed by atoms with Gasteiger partial charge in [0.15, 0.2) is 5.78 Å². The molecule has 1 aliphatic rings. The van der Waals surface area contributed by atoms with Crippen molar-refractivity contribution in [1.29, 1.82) is 0 Å². The number of ketones is 1. The largest absolute Gasteiger partial charge is 0.456 e. The fourth-order valence-electron chi connectivity index (χ4n) is 2.98. The average molecular weight is 402 g/mol. The number of rotatable bonds is 5. The van der Waals surface area contributed by atoms with Crippen molar-refractivity contribution in [2.75, 3.05) is 0 Å². The molecule has 0 fully saturated rings. The minimum Gasteiger partial charge on any atom is -0.456 e. The quantitative estimate of drug-likeness (QED) is 0.358. The summed E-state index contributed by atoms with van der Waals surface area (Å²) in [5.74, 6) is 4.42. The summed E-state index contributed by atoms with van der Waals surface area (Å²) in [7, 11) is -3.35. The second-order valence-corrected chi connectivity index (χ2v) is 8.63. The van der Waals surface area contributed by atoms with E-state index in [1.54, 1.807) is 24.3 Å². The maximum Gasteiger partial charge on any atom is 0.300 e. The summed E-state index contributed by atoms with van der Waals surface area (Å²) in [5.41, 5.74) is 2.19. The Bertz CT molecular complexity index is 1070. The summed E-state index contributed by atoms with van der Waals surface area (Å²) in [6, 6.07) is 25.6. The lowest BCUT2D eigenvalue weighted by Crippen LogP contribution is -2.01. The third-order valence-corrected chi connectivity index (χ3v) is 6.12. The monoisotopic (exact) mass is 402 g/mol. The first-order chi connectivity index (χ1) is 14.0. The SMILES string of the molecule is CC(=O)c1ccc(OP2(=O)C=C(c3ccccc3)OC(c3ccccc3)=C2)cc1. The van der Waals surface area contributed by atoms with Gasteiger partial charge in [0.05, 0.1) is 11.6 Å². The molecule has 0 atom stereocenters. The third kappa shape index (κ3) is 4.39. The lowest BCUT2D eigenvalue weighted by molar-refractivity contribution is 0.101. The van der Waals surface area contributed by atoms with Gasteiger partial charge in [0.2, 0.25) is 0 Å². The van der Waals surface area contributed by atoms with Crippen LogP contribution in [0.15, 0.2) is 96.6 Å². The molecule has 0 bridgehead atoms. The van der Waals surface area contributed by atoms with Crippen molar-refractivity contribution >= 4 is 24.7 Å². The van der Waals surface area contributed by atoms with Gasteiger partial charge in [-0.15, -0.1) is 0 Å². The molecular weight excluding hydrogens is 383 g/mol. The summed E-state index contributed by atoms with van der Waals surface area (Å²) in [6.45, 7) is 1.50. The molecule has 0 radical (unpaired) electrons. The van der Waals surface area contributed by atoms with Crippen LogP contribution in [-0.4, -0.2) is 5.78 Å². The molecule has 3 aromatic carbocycles. The van der Waals surface area contributed by atoms with Crippen LogP contribution in [0.3, 0.4) is 0 Å². The van der Waals surface area contributed by atoms with Gasteiger partial charge < -0.3 is 9.26 Å². The molecule has 0 amide bonds. The number of carbonyl (C=O) groups excluding carboxylic acids is 1. The van der Waals surface area contributed by atoms with Crippen LogP contribution in [-0.2, 0) is 9.30 Å². The van der Waals surface area contributed by atoms with Crippen LogP contribution >= 0.6 is 7.37 Å². The highest BCUT2D eigenvalue weighted by molar-refractivity contribution is 7.66. The highest BCUT2D eigenvalue weighted by Crippen LogP contribution is 2.57. The number of benzene rings is 3. The standard InChI is InChI=1S/C24H19O4P/c1-18(25)19-12-14-22(15-13-19)28-29(26)16-23(20-8-4-2-5-9-20)27-24(17-29)21-10-6-3-7-11-21/h2-17H,1H3. The molecule has 0 saturated heterocycles. The lowest BCUT2D eigenvalue weighted by Gasteiger charge is -2.23. The Kier molecular flexibility index (Phi) is 5.20. The number of Topliss-reactive ketones (excluding diaryl/α,β-unsaturated/α-hetero) is 1. The van der Waals surface area contributed by atoms with Gasteiger partial charge in [-0.25, -0.2) is 0 Å². The molecule has 1 heterocycles. The molecule has 0 N–H and O–H groups in total. The number of ether oxygens (including phenoxy) is 1. The van der Waals surface area contributed by atoms with Crippen molar-refractivity contribution in [1.82, 2.24) is 0 Å². The first kappa shape index (κ1) is 19.0. The lowest BCUT2D eigenvalue weighted by atomic mass is 10.1. The van der Waals surface area contributed by atoms with Crippen LogP contribution in [0.2, 0.25) is 0 Å². The van der Waals surface area contributed by atoms with Crippen molar-refractivity contribution in [3.05, 3.63) is 113 Å². The molecule has 0 aromatic heterocycles. The van der Waals surface area contributed by atoms with Gasteiger partial charge in [0.1, 0.15) is 17.3 Å². The molecule has 0 aliphatic carbocycles. The molecule has 0 spiro atoms. The van der Waals surface area contributed by atoms with Gasteiger partial charge >= 0.3 is 0 Å². The minimum absolute atomic E-state index is 0.0354. The Morgan fingerprint density at radius 1 is 0.759 bits per heavy atom. The van der Waals surface area contributed by atoms with Gasteiger partial charge in [0.25, 0.3) is 7.37 Å². The molecule has 5 heteroatoms. The van der Waals surface area contributed by atoms with Crippen molar-refractivity contribution < 1.29 is 18.6 Å². The van der Waals surface area contributed by atoms with Crippen molar-refractivity contribution in [3.63, 3.8) is 0 Å². The van der Waals surface area contributed by atoms with E-state index in [1.807, 2.05) is 60.7 Å². The van der Waals surface area contributed by atoms with Crippen molar-refractivity contribution in [2.45, 2.75) is 6.92 Å². The second-order valence-electron chi connectivity index (χ2n) is 6.64. The normalized spacial score (nSPS) is 14.9. The molecule has 1 aliphatic heterocycles. The number of hydrogen-bond acceptors (Lipinski definition) is 4. The number of hydrogen-bond donors (Lipinski definition) is 0. The zero-order chi connectivity index (χ0) is 20.3. The van der Waals surface area contributed by atoms with Gasteiger partial charge in [-0.3, -0.25) is 9.36 Å². The van der Waals surface area contributed by atoms with Crippen LogP contribution in [0.1, 0.15) is 28.4 Å². The van der Waals surface area contributed by atoms with E-state index in [1.165, 1.54) is 18.6 Å². The summed E-state index contributed by atoms with van der Waals surface area (Å²) in [5, 5.41) is 0. The van der Waals surface area contributed by atoms with Crippen molar-refractivity contribution in [2.24, 2.45) is 0 Å². The molecule has 4 nitrogen and oxygen atoms in total. The van der Waals surface area contributed by atoms with Crippen LogP contribution < -0.4 is 4.52 Å². The van der Waals surface area contributed by atoms with E-state index in [-0.39, 0.29) is 5.78 Å². The third-order valence-electron chi connectivity index (χ3n) is 4.44. The summed E-state index contributed by atoms with van der Waals surface area (Å²) in [6.07, 6.45) is 0. The van der Waals surface area contributed by atoms with E-state index in [0.717, 1.165) is 11.1 Å². The Morgan fingerprint density at radius 2 is 1.24 bits per heavy atom. The fourth-order valence-corrected chi connectivity index (χ4v) is 4.66. The average Bonchev–Trinajstić information content (AvgIpc) is 2.75. The molecule has 0 unspecified atom stereocenters. The van der Waals surface area contributed by atoms with Crippen LogP contribution in [0.25, 0.3) is 11.5 Å². The zero-order valence-corrected chi connectivity index (χ0v) is 16.7. The Balaban J connectivity index is 1.73.